The number of hydrogen-bond acceptors (Lipinski definition) is 3. The smallest absolute Gasteiger partial charge is 0.255 e. The third-order valence-corrected chi connectivity index (χ3v) is 4.50. The van der Waals surface area contributed by atoms with E-state index in [1.807, 2.05) is 37.3 Å². The predicted molar refractivity (Wildman–Crippen MR) is 114 cm³/mol. The second kappa shape index (κ2) is 9.55. The number of nitrogens with zero attached hydrogens (tertiary/aromatic N) is 1. The van der Waals surface area contributed by atoms with Gasteiger partial charge < -0.3 is 15.0 Å². The van der Waals surface area contributed by atoms with E-state index in [0.29, 0.717) is 30.0 Å². The fourth-order valence-electron chi connectivity index (χ4n) is 2.80. The monoisotopic (exact) mass is 388 g/mol. The molecule has 0 spiro atoms. The molecule has 0 aliphatic heterocycles. The molecule has 0 aliphatic rings. The third-order valence-electron chi connectivity index (χ3n) is 4.50. The zero-order valence-electron chi connectivity index (χ0n) is 16.6. The first-order valence-electron chi connectivity index (χ1n) is 9.45. The molecule has 0 radical (unpaired) electrons. The largest absolute Gasteiger partial charge is 0.492 e. The summed E-state index contributed by atoms with van der Waals surface area (Å²) in [5, 5.41) is 2.83. The molecule has 3 aromatic carbocycles. The number of aryl methyl sites for hydroxylation is 1. The molecule has 29 heavy (non-hydrogen) atoms. The number of rotatable bonds is 7. The first-order chi connectivity index (χ1) is 14.0. The molecule has 5 nitrogen and oxygen atoms in total. The molecule has 0 aromatic heterocycles. The fraction of sp³-hybridized carbons (Fsp3) is 0.167. The van der Waals surface area contributed by atoms with E-state index < -0.39 is 0 Å². The van der Waals surface area contributed by atoms with Gasteiger partial charge in [0.2, 0.25) is 0 Å². The van der Waals surface area contributed by atoms with Gasteiger partial charge in [-0.3, -0.25) is 9.59 Å². The maximum absolute atomic E-state index is 12.9. The van der Waals surface area contributed by atoms with Crippen molar-refractivity contribution < 1.29 is 14.3 Å². The summed E-state index contributed by atoms with van der Waals surface area (Å²) in [5.41, 5.74) is 2.63. The molecular formula is C24H24N2O3. The lowest BCUT2D eigenvalue weighted by Crippen LogP contribution is -2.31. The molecule has 0 bridgehead atoms. The summed E-state index contributed by atoms with van der Waals surface area (Å²) in [6.45, 7) is 2.82. The van der Waals surface area contributed by atoms with Crippen LogP contribution in [-0.4, -0.2) is 36.9 Å². The van der Waals surface area contributed by atoms with Crippen molar-refractivity contribution >= 4 is 17.5 Å². The van der Waals surface area contributed by atoms with Crippen LogP contribution in [0.3, 0.4) is 0 Å². The van der Waals surface area contributed by atoms with E-state index in [2.05, 4.69) is 5.32 Å². The summed E-state index contributed by atoms with van der Waals surface area (Å²) in [4.78, 5) is 26.9. The van der Waals surface area contributed by atoms with Gasteiger partial charge in [0.15, 0.2) is 0 Å². The molecule has 0 fully saturated rings. The van der Waals surface area contributed by atoms with Crippen LogP contribution in [0, 0.1) is 6.92 Å². The number of para-hydroxylation sites is 1. The Kier molecular flexibility index (Phi) is 6.63. The highest BCUT2D eigenvalue weighted by molar-refractivity contribution is 6.08. The van der Waals surface area contributed by atoms with Crippen LogP contribution in [0.5, 0.6) is 5.75 Å². The van der Waals surface area contributed by atoms with Crippen molar-refractivity contribution in [2.45, 2.75) is 6.92 Å². The van der Waals surface area contributed by atoms with Gasteiger partial charge in [0.05, 0.1) is 17.8 Å². The molecule has 1 N–H and O–H groups in total. The van der Waals surface area contributed by atoms with Gasteiger partial charge in [-0.15, -0.1) is 0 Å². The summed E-state index contributed by atoms with van der Waals surface area (Å²) < 4.78 is 5.71. The van der Waals surface area contributed by atoms with Crippen molar-refractivity contribution in [3.8, 4) is 5.75 Å². The number of nitrogens with one attached hydrogen (secondary N) is 1. The standard InChI is InChI=1S/C24H24N2O3/c1-18-12-14-20(15-13-18)29-17-16-26(2)24(28)21-10-6-7-11-22(21)25-23(27)19-8-4-3-5-9-19/h3-15H,16-17H2,1-2H3,(H,25,27). The maximum atomic E-state index is 12.9. The van der Waals surface area contributed by atoms with Crippen LogP contribution in [0.2, 0.25) is 0 Å². The highest BCUT2D eigenvalue weighted by atomic mass is 16.5. The van der Waals surface area contributed by atoms with Crippen LogP contribution in [0.4, 0.5) is 5.69 Å². The van der Waals surface area contributed by atoms with Crippen molar-refractivity contribution in [1.82, 2.24) is 4.90 Å². The molecule has 0 aliphatic carbocycles. The number of carbonyl (C=O) groups excluding carboxylic acids is 2. The number of hydrogen-bond donors (Lipinski definition) is 1. The van der Waals surface area contributed by atoms with Crippen molar-refractivity contribution in [1.29, 1.82) is 0 Å². The SMILES string of the molecule is Cc1ccc(OCCN(C)C(=O)c2ccccc2NC(=O)c2ccccc2)cc1. The van der Waals surface area contributed by atoms with Crippen LogP contribution in [-0.2, 0) is 0 Å². The summed E-state index contributed by atoms with van der Waals surface area (Å²) >= 11 is 0. The quantitative estimate of drug-likeness (QED) is 0.653. The van der Waals surface area contributed by atoms with E-state index >= 15 is 0 Å². The lowest BCUT2D eigenvalue weighted by Gasteiger charge is -2.19. The van der Waals surface area contributed by atoms with Gasteiger partial charge in [0, 0.05) is 12.6 Å². The van der Waals surface area contributed by atoms with E-state index in [0.717, 1.165) is 5.75 Å². The summed E-state index contributed by atoms with van der Waals surface area (Å²) in [5.74, 6) is 0.338. The third kappa shape index (κ3) is 5.45. The second-order valence-corrected chi connectivity index (χ2v) is 6.75. The highest BCUT2D eigenvalue weighted by Crippen LogP contribution is 2.18. The molecule has 5 heteroatoms. The lowest BCUT2D eigenvalue weighted by atomic mass is 10.1. The second-order valence-electron chi connectivity index (χ2n) is 6.75. The number of likely N-dealkylation sites (N-methyl/N-ethyl adjacent to an activating group) is 1. The van der Waals surface area contributed by atoms with E-state index in [9.17, 15) is 9.59 Å². The van der Waals surface area contributed by atoms with Gasteiger partial charge >= 0.3 is 0 Å². The van der Waals surface area contributed by atoms with Crippen molar-refractivity contribution in [3.63, 3.8) is 0 Å². The average Bonchev–Trinajstić information content (AvgIpc) is 2.75. The van der Waals surface area contributed by atoms with Crippen LogP contribution in [0.1, 0.15) is 26.3 Å². The van der Waals surface area contributed by atoms with Crippen LogP contribution >= 0.6 is 0 Å². The van der Waals surface area contributed by atoms with Crippen LogP contribution in [0.25, 0.3) is 0 Å². The van der Waals surface area contributed by atoms with E-state index in [1.165, 1.54) is 5.56 Å². The fourth-order valence-corrected chi connectivity index (χ4v) is 2.80. The number of benzene rings is 3. The molecule has 0 saturated heterocycles. The van der Waals surface area contributed by atoms with Crippen molar-refractivity contribution in [2.24, 2.45) is 0 Å². The molecule has 0 unspecified atom stereocenters. The Labute approximate surface area is 170 Å². The highest BCUT2D eigenvalue weighted by Gasteiger charge is 2.17. The molecular weight excluding hydrogens is 364 g/mol. The van der Waals surface area contributed by atoms with Crippen molar-refractivity contribution in [2.75, 3.05) is 25.5 Å². The van der Waals surface area contributed by atoms with Gasteiger partial charge in [-0.05, 0) is 43.3 Å². The summed E-state index contributed by atoms with van der Waals surface area (Å²) in [6, 6.07) is 23.7. The molecule has 0 saturated carbocycles. The topological polar surface area (TPSA) is 58.6 Å². The molecule has 3 rings (SSSR count). The Bertz CT molecular complexity index is 969. The summed E-state index contributed by atoms with van der Waals surface area (Å²) in [7, 11) is 1.72. The van der Waals surface area contributed by atoms with Crippen LogP contribution in [0.15, 0.2) is 78.9 Å². The maximum Gasteiger partial charge on any atom is 0.255 e. The Hall–Kier alpha value is -3.60. The van der Waals surface area contributed by atoms with E-state index in [4.69, 9.17) is 4.74 Å². The Balaban J connectivity index is 1.62. The van der Waals surface area contributed by atoms with Gasteiger partial charge in [-0.2, -0.15) is 0 Å². The Morgan fingerprint density at radius 1 is 0.897 bits per heavy atom. The van der Waals surface area contributed by atoms with Gasteiger partial charge in [-0.25, -0.2) is 0 Å². The minimum Gasteiger partial charge on any atom is -0.492 e. The molecule has 3 aromatic rings. The molecule has 0 atom stereocenters. The summed E-state index contributed by atoms with van der Waals surface area (Å²) in [6.07, 6.45) is 0. The van der Waals surface area contributed by atoms with Gasteiger partial charge in [-0.1, -0.05) is 48.0 Å². The average molecular weight is 388 g/mol. The predicted octanol–water partition coefficient (Wildman–Crippen LogP) is 4.40. The Morgan fingerprint density at radius 3 is 2.28 bits per heavy atom. The minimum absolute atomic E-state index is 0.179. The minimum atomic E-state index is -0.254. The lowest BCUT2D eigenvalue weighted by molar-refractivity contribution is 0.0775. The first kappa shape index (κ1) is 20.1. The van der Waals surface area contributed by atoms with E-state index in [1.54, 1.807) is 60.5 Å². The molecule has 0 heterocycles. The molecule has 2 amide bonds. The zero-order valence-corrected chi connectivity index (χ0v) is 16.6. The van der Waals surface area contributed by atoms with Gasteiger partial charge in [0.25, 0.3) is 11.8 Å². The zero-order chi connectivity index (χ0) is 20.6. The molecule has 148 valence electrons. The number of amides is 2. The number of ether oxygens (including phenoxy) is 1. The van der Waals surface area contributed by atoms with Crippen LogP contribution < -0.4 is 10.1 Å². The number of carbonyl (C=O) groups is 2. The normalized spacial score (nSPS) is 10.3. The Morgan fingerprint density at radius 2 is 1.55 bits per heavy atom. The van der Waals surface area contributed by atoms with Gasteiger partial charge in [0.1, 0.15) is 12.4 Å². The van der Waals surface area contributed by atoms with E-state index in [-0.39, 0.29) is 11.8 Å². The van der Waals surface area contributed by atoms with Crippen molar-refractivity contribution in [3.05, 3.63) is 95.6 Å². The first-order valence-corrected chi connectivity index (χ1v) is 9.45. The number of anilines is 1.